The van der Waals surface area contributed by atoms with E-state index in [4.69, 9.17) is 23.2 Å². The molecule has 1 amide bonds. The maximum atomic E-state index is 12.0. The van der Waals surface area contributed by atoms with Crippen LogP contribution in [0.3, 0.4) is 0 Å². The van der Waals surface area contributed by atoms with Gasteiger partial charge in [0, 0.05) is 6.04 Å². The van der Waals surface area contributed by atoms with E-state index in [9.17, 15) is 13.2 Å². The molecule has 1 aromatic rings. The van der Waals surface area contributed by atoms with Gasteiger partial charge in [-0.05, 0) is 18.9 Å². The van der Waals surface area contributed by atoms with E-state index in [1.165, 1.54) is 6.07 Å². The lowest BCUT2D eigenvalue weighted by atomic mass is 10.1. The van der Waals surface area contributed by atoms with Crippen LogP contribution in [0.4, 0.5) is 0 Å². The van der Waals surface area contributed by atoms with E-state index in [1.54, 1.807) is 0 Å². The topological polar surface area (TPSA) is 89.0 Å². The molecule has 1 aliphatic rings. The number of aromatic nitrogens is 2. The summed E-state index contributed by atoms with van der Waals surface area (Å²) < 4.78 is 23.0. The SMILES string of the molecule is O=C(NC1CCCS(=O)(=O)C1)c1cc(Cl)nnc1Cl. The van der Waals surface area contributed by atoms with Crippen LogP contribution in [0.2, 0.25) is 10.3 Å². The summed E-state index contributed by atoms with van der Waals surface area (Å²) in [4.78, 5) is 12.0. The van der Waals surface area contributed by atoms with Gasteiger partial charge >= 0.3 is 0 Å². The minimum Gasteiger partial charge on any atom is -0.348 e. The van der Waals surface area contributed by atoms with E-state index in [2.05, 4.69) is 15.5 Å². The summed E-state index contributed by atoms with van der Waals surface area (Å²) in [6.07, 6.45) is 1.16. The first-order chi connectivity index (χ1) is 8.87. The number of amides is 1. The number of sulfone groups is 1. The molecule has 0 spiro atoms. The highest BCUT2D eigenvalue weighted by Gasteiger charge is 2.26. The van der Waals surface area contributed by atoms with Gasteiger partial charge in [-0.1, -0.05) is 23.2 Å². The van der Waals surface area contributed by atoms with Crippen molar-refractivity contribution >= 4 is 38.9 Å². The number of nitrogens with one attached hydrogen (secondary N) is 1. The second kappa shape index (κ2) is 5.60. The molecule has 1 atom stereocenters. The summed E-state index contributed by atoms with van der Waals surface area (Å²) in [5, 5.41) is 9.63. The Morgan fingerprint density at radius 2 is 2.11 bits per heavy atom. The number of hydrogen-bond donors (Lipinski definition) is 1. The van der Waals surface area contributed by atoms with Crippen molar-refractivity contribution in [2.24, 2.45) is 0 Å². The lowest BCUT2D eigenvalue weighted by molar-refractivity contribution is 0.0938. The Morgan fingerprint density at radius 3 is 2.79 bits per heavy atom. The first kappa shape index (κ1) is 14.5. The Hall–Kier alpha value is -0.920. The fraction of sp³-hybridized carbons (Fsp3) is 0.500. The fourth-order valence-electron chi connectivity index (χ4n) is 1.91. The fourth-order valence-corrected chi connectivity index (χ4v) is 3.87. The molecule has 104 valence electrons. The second-order valence-electron chi connectivity index (χ2n) is 4.30. The largest absolute Gasteiger partial charge is 0.348 e. The molecule has 0 aliphatic carbocycles. The Kier molecular flexibility index (Phi) is 4.27. The molecule has 9 heteroatoms. The van der Waals surface area contributed by atoms with Gasteiger partial charge < -0.3 is 5.32 Å². The van der Waals surface area contributed by atoms with Crippen molar-refractivity contribution in [2.45, 2.75) is 18.9 Å². The molecule has 1 aromatic heterocycles. The minimum absolute atomic E-state index is 0.0471. The van der Waals surface area contributed by atoms with Crippen LogP contribution >= 0.6 is 23.2 Å². The Bertz CT molecular complexity index is 606. The smallest absolute Gasteiger partial charge is 0.254 e. The normalized spacial score (nSPS) is 21.9. The van der Waals surface area contributed by atoms with Crippen LogP contribution in [0.15, 0.2) is 6.07 Å². The molecule has 2 heterocycles. The average Bonchev–Trinajstić information content (AvgIpc) is 2.31. The Balaban J connectivity index is 2.11. The van der Waals surface area contributed by atoms with Crippen molar-refractivity contribution in [3.63, 3.8) is 0 Å². The minimum atomic E-state index is -3.08. The van der Waals surface area contributed by atoms with E-state index in [-0.39, 0.29) is 27.4 Å². The van der Waals surface area contributed by atoms with E-state index in [0.29, 0.717) is 12.8 Å². The zero-order chi connectivity index (χ0) is 14.0. The third kappa shape index (κ3) is 3.77. The van der Waals surface area contributed by atoms with E-state index in [0.717, 1.165) is 0 Å². The first-order valence-electron chi connectivity index (χ1n) is 5.57. The predicted octanol–water partition coefficient (Wildman–Crippen LogP) is 1.09. The van der Waals surface area contributed by atoms with Crippen molar-refractivity contribution in [1.29, 1.82) is 0 Å². The van der Waals surface area contributed by atoms with Crippen LogP contribution in [0.5, 0.6) is 0 Å². The number of rotatable bonds is 2. The Labute approximate surface area is 120 Å². The van der Waals surface area contributed by atoms with Crippen LogP contribution in [-0.4, -0.2) is 42.1 Å². The summed E-state index contributed by atoms with van der Waals surface area (Å²) in [5.41, 5.74) is 0.0876. The molecule has 19 heavy (non-hydrogen) atoms. The lowest BCUT2D eigenvalue weighted by Gasteiger charge is -2.23. The number of nitrogens with zero attached hydrogens (tertiary/aromatic N) is 2. The lowest BCUT2D eigenvalue weighted by Crippen LogP contribution is -2.43. The molecule has 1 N–H and O–H groups in total. The maximum Gasteiger partial charge on any atom is 0.254 e. The van der Waals surface area contributed by atoms with Gasteiger partial charge in [-0.15, -0.1) is 10.2 Å². The van der Waals surface area contributed by atoms with Crippen molar-refractivity contribution in [3.05, 3.63) is 21.9 Å². The standard InChI is InChI=1S/C10H11Cl2N3O3S/c11-8-4-7(9(12)15-14-8)10(16)13-6-2-1-3-19(17,18)5-6/h4,6H,1-3,5H2,(H,13,16). The molecule has 1 fully saturated rings. The van der Waals surface area contributed by atoms with Gasteiger partial charge in [0.05, 0.1) is 17.1 Å². The predicted molar refractivity (Wildman–Crippen MR) is 71.2 cm³/mol. The summed E-state index contributed by atoms with van der Waals surface area (Å²) in [6.45, 7) is 0. The summed E-state index contributed by atoms with van der Waals surface area (Å²) >= 11 is 11.4. The molecule has 0 aromatic carbocycles. The molecular weight excluding hydrogens is 313 g/mol. The highest BCUT2D eigenvalue weighted by atomic mass is 35.5. The van der Waals surface area contributed by atoms with Gasteiger partial charge in [-0.3, -0.25) is 4.79 Å². The number of carbonyl (C=O) groups excluding carboxylic acids is 1. The monoisotopic (exact) mass is 323 g/mol. The first-order valence-corrected chi connectivity index (χ1v) is 8.15. The van der Waals surface area contributed by atoms with Crippen LogP contribution in [0.1, 0.15) is 23.2 Å². The maximum absolute atomic E-state index is 12.0. The third-order valence-corrected chi connectivity index (χ3v) is 5.05. The van der Waals surface area contributed by atoms with Crippen molar-refractivity contribution < 1.29 is 13.2 Å². The summed E-state index contributed by atoms with van der Waals surface area (Å²) in [5.74, 6) is -0.380. The van der Waals surface area contributed by atoms with Gasteiger partial charge in [-0.25, -0.2) is 8.42 Å². The van der Waals surface area contributed by atoms with Crippen LogP contribution in [0, 0.1) is 0 Å². The zero-order valence-corrected chi connectivity index (χ0v) is 12.1. The molecule has 0 radical (unpaired) electrons. The third-order valence-electron chi connectivity index (χ3n) is 2.76. The molecular formula is C10H11Cl2N3O3S. The summed E-state index contributed by atoms with van der Waals surface area (Å²) in [6, 6.07) is 0.887. The molecule has 0 saturated carbocycles. The highest BCUT2D eigenvalue weighted by Crippen LogP contribution is 2.17. The van der Waals surface area contributed by atoms with Gasteiger partial charge in [-0.2, -0.15) is 0 Å². The number of carbonyl (C=O) groups is 1. The highest BCUT2D eigenvalue weighted by molar-refractivity contribution is 7.91. The van der Waals surface area contributed by atoms with Crippen molar-refractivity contribution in [3.8, 4) is 0 Å². The van der Waals surface area contributed by atoms with Crippen LogP contribution in [0.25, 0.3) is 0 Å². The molecule has 1 aliphatic heterocycles. The van der Waals surface area contributed by atoms with Gasteiger partial charge in [0.25, 0.3) is 5.91 Å². The van der Waals surface area contributed by atoms with Crippen LogP contribution in [-0.2, 0) is 9.84 Å². The zero-order valence-electron chi connectivity index (χ0n) is 9.77. The van der Waals surface area contributed by atoms with Crippen molar-refractivity contribution in [1.82, 2.24) is 15.5 Å². The second-order valence-corrected chi connectivity index (χ2v) is 7.27. The van der Waals surface area contributed by atoms with Gasteiger partial charge in [0.15, 0.2) is 20.1 Å². The Morgan fingerprint density at radius 1 is 1.37 bits per heavy atom. The van der Waals surface area contributed by atoms with E-state index in [1.807, 2.05) is 0 Å². The molecule has 0 bridgehead atoms. The molecule has 1 saturated heterocycles. The van der Waals surface area contributed by atoms with Gasteiger partial charge in [0.1, 0.15) is 0 Å². The van der Waals surface area contributed by atoms with Crippen molar-refractivity contribution in [2.75, 3.05) is 11.5 Å². The number of hydrogen-bond acceptors (Lipinski definition) is 5. The van der Waals surface area contributed by atoms with E-state index >= 15 is 0 Å². The average molecular weight is 324 g/mol. The number of halogens is 2. The molecule has 1 unspecified atom stereocenters. The van der Waals surface area contributed by atoms with Gasteiger partial charge in [0.2, 0.25) is 0 Å². The van der Waals surface area contributed by atoms with E-state index < -0.39 is 21.8 Å². The van der Waals surface area contributed by atoms with Crippen LogP contribution < -0.4 is 5.32 Å². The quantitative estimate of drug-likeness (QED) is 0.880. The molecule has 6 nitrogen and oxygen atoms in total. The summed E-state index contributed by atoms with van der Waals surface area (Å²) in [7, 11) is -3.08. The molecule has 2 rings (SSSR count).